The number of imidazole rings is 1. The maximum Gasteiger partial charge on any atom is 0.420 e. The zero-order valence-corrected chi connectivity index (χ0v) is 15.2. The molecule has 138 valence electrons. The van der Waals surface area contributed by atoms with Crippen molar-refractivity contribution in [3.05, 3.63) is 29.6 Å². The number of fused-ring (bicyclic) bond motifs is 1. The second-order valence-corrected chi connectivity index (χ2v) is 7.18. The minimum Gasteiger partial charge on any atom is -0.443 e. The molecule has 0 saturated heterocycles. The molecular weight excluding hydrogens is 357 g/mol. The summed E-state index contributed by atoms with van der Waals surface area (Å²) in [4.78, 5) is 16.8. The van der Waals surface area contributed by atoms with E-state index in [1.165, 1.54) is 4.57 Å². The Labute approximate surface area is 148 Å². The fourth-order valence-corrected chi connectivity index (χ4v) is 2.60. The highest BCUT2D eigenvalue weighted by Gasteiger charge is 2.36. The number of benzene rings is 1. The van der Waals surface area contributed by atoms with Crippen LogP contribution in [-0.2, 0) is 17.0 Å². The van der Waals surface area contributed by atoms with E-state index in [2.05, 4.69) is 4.98 Å². The van der Waals surface area contributed by atoms with Crippen LogP contribution < -0.4 is 0 Å². The van der Waals surface area contributed by atoms with Crippen molar-refractivity contribution in [2.45, 2.75) is 51.8 Å². The first-order chi connectivity index (χ1) is 11.4. The number of carbonyl (C=O) groups is 1. The highest BCUT2D eigenvalue weighted by Crippen LogP contribution is 2.31. The van der Waals surface area contributed by atoms with Gasteiger partial charge in [0.2, 0.25) is 0 Å². The number of alkyl halides is 4. The van der Waals surface area contributed by atoms with Crippen LogP contribution in [0.5, 0.6) is 0 Å². The number of carbonyl (C=O) groups excluding carboxylic acids is 1. The van der Waals surface area contributed by atoms with Crippen LogP contribution in [0.25, 0.3) is 11.0 Å². The van der Waals surface area contributed by atoms with Crippen LogP contribution >= 0.6 is 11.6 Å². The van der Waals surface area contributed by atoms with Crippen LogP contribution in [0, 0.1) is 5.92 Å². The van der Waals surface area contributed by atoms with Crippen LogP contribution in [-0.4, -0.2) is 27.4 Å². The molecule has 0 aliphatic heterocycles. The molecule has 0 amide bonds. The average molecular weight is 377 g/mol. The van der Waals surface area contributed by atoms with Gasteiger partial charge in [0.05, 0.1) is 22.8 Å². The van der Waals surface area contributed by atoms with Gasteiger partial charge in [-0.25, -0.2) is 14.3 Å². The van der Waals surface area contributed by atoms with Gasteiger partial charge < -0.3 is 4.74 Å². The molecule has 0 bridgehead atoms. The summed E-state index contributed by atoms with van der Waals surface area (Å²) in [5.41, 5.74) is 0.410. The molecule has 0 saturated carbocycles. The summed E-state index contributed by atoms with van der Waals surface area (Å²) in [7, 11) is 0. The van der Waals surface area contributed by atoms with E-state index >= 15 is 0 Å². The number of para-hydroxylation sites is 1. The summed E-state index contributed by atoms with van der Waals surface area (Å²) in [6.07, 6.45) is -5.19. The van der Waals surface area contributed by atoms with Crippen molar-refractivity contribution in [2.75, 3.05) is 0 Å². The van der Waals surface area contributed by atoms with Gasteiger partial charge in [0.1, 0.15) is 11.4 Å². The van der Waals surface area contributed by atoms with Crippen LogP contribution in [0.3, 0.4) is 0 Å². The Morgan fingerprint density at radius 1 is 1.32 bits per heavy atom. The van der Waals surface area contributed by atoms with Crippen LogP contribution in [0.2, 0.25) is 0 Å². The fraction of sp³-hybridized carbons (Fsp3) is 0.529. The number of hydrogen-bond donors (Lipinski definition) is 0. The number of rotatable bonds is 3. The van der Waals surface area contributed by atoms with Gasteiger partial charge in [-0.2, -0.15) is 13.2 Å². The Bertz CT molecular complexity index is 779. The summed E-state index contributed by atoms with van der Waals surface area (Å²) < 4.78 is 45.2. The largest absolute Gasteiger partial charge is 0.443 e. The van der Waals surface area contributed by atoms with E-state index in [9.17, 15) is 18.0 Å². The van der Waals surface area contributed by atoms with Gasteiger partial charge in [-0.1, -0.05) is 19.1 Å². The Hall–Kier alpha value is -1.76. The highest BCUT2D eigenvalue weighted by molar-refractivity contribution is 6.17. The van der Waals surface area contributed by atoms with Crippen molar-refractivity contribution < 1.29 is 22.7 Å². The number of ether oxygens (including phenoxy) is 1. The number of aromatic nitrogens is 2. The molecule has 1 aromatic heterocycles. The van der Waals surface area contributed by atoms with Gasteiger partial charge in [-0.15, -0.1) is 11.6 Å². The molecule has 0 radical (unpaired) electrons. The molecule has 25 heavy (non-hydrogen) atoms. The molecule has 0 N–H and O–H groups in total. The quantitative estimate of drug-likeness (QED) is 0.683. The predicted octanol–water partition coefficient (Wildman–Crippen LogP) is 5.30. The van der Waals surface area contributed by atoms with Crippen molar-refractivity contribution in [3.8, 4) is 0 Å². The topological polar surface area (TPSA) is 44.1 Å². The van der Waals surface area contributed by atoms with Gasteiger partial charge in [0.25, 0.3) is 0 Å². The van der Waals surface area contributed by atoms with Crippen LogP contribution in [0.4, 0.5) is 18.0 Å². The Balaban J connectivity index is 2.51. The van der Waals surface area contributed by atoms with Gasteiger partial charge in [0, 0.05) is 0 Å². The lowest BCUT2D eigenvalue weighted by molar-refractivity contribution is -0.169. The zero-order chi connectivity index (χ0) is 19.0. The highest BCUT2D eigenvalue weighted by atomic mass is 35.5. The maximum absolute atomic E-state index is 12.9. The molecular formula is C17H20ClF3N2O2. The molecule has 4 nitrogen and oxygen atoms in total. The molecule has 1 atom stereocenters. The maximum atomic E-state index is 12.9. The van der Waals surface area contributed by atoms with Crippen molar-refractivity contribution in [1.82, 2.24) is 9.55 Å². The minimum atomic E-state index is -4.30. The van der Waals surface area contributed by atoms with Crippen LogP contribution in [0.15, 0.2) is 18.2 Å². The third kappa shape index (κ3) is 4.45. The first kappa shape index (κ1) is 19.6. The second-order valence-electron chi connectivity index (χ2n) is 6.91. The first-order valence-electron chi connectivity index (χ1n) is 7.79. The molecule has 0 aliphatic rings. The number of halogens is 4. The van der Waals surface area contributed by atoms with Gasteiger partial charge >= 0.3 is 12.3 Å². The molecule has 0 fully saturated rings. The first-order valence-corrected chi connectivity index (χ1v) is 8.32. The van der Waals surface area contributed by atoms with Crippen molar-refractivity contribution in [2.24, 2.45) is 5.92 Å². The summed E-state index contributed by atoms with van der Waals surface area (Å²) >= 11 is 5.88. The Morgan fingerprint density at radius 2 is 1.96 bits per heavy atom. The third-order valence-corrected chi connectivity index (χ3v) is 3.86. The average Bonchev–Trinajstić information content (AvgIpc) is 2.84. The van der Waals surface area contributed by atoms with E-state index in [0.29, 0.717) is 16.6 Å². The summed E-state index contributed by atoms with van der Waals surface area (Å²) in [5, 5.41) is 0. The predicted molar refractivity (Wildman–Crippen MR) is 89.8 cm³/mol. The zero-order valence-electron chi connectivity index (χ0n) is 14.4. The SMILES string of the molecule is CC(Cc1cccc2c1nc(CCl)n2C(=O)OC(C)(C)C)C(F)(F)F. The lowest BCUT2D eigenvalue weighted by atomic mass is 9.99. The number of hydrogen-bond acceptors (Lipinski definition) is 3. The summed E-state index contributed by atoms with van der Waals surface area (Å²) in [6.45, 7) is 6.29. The Kier molecular flexibility index (Phi) is 5.37. The summed E-state index contributed by atoms with van der Waals surface area (Å²) in [6, 6.07) is 4.79. The number of nitrogens with zero attached hydrogens (tertiary/aromatic N) is 2. The molecule has 8 heteroatoms. The van der Waals surface area contributed by atoms with Gasteiger partial charge in [-0.3, -0.25) is 0 Å². The van der Waals surface area contributed by atoms with Gasteiger partial charge in [0.15, 0.2) is 0 Å². The van der Waals surface area contributed by atoms with Crippen molar-refractivity contribution >= 4 is 28.7 Å². The molecule has 1 unspecified atom stereocenters. The van der Waals surface area contributed by atoms with Crippen molar-refractivity contribution in [1.29, 1.82) is 0 Å². The van der Waals surface area contributed by atoms with E-state index in [1.54, 1.807) is 39.0 Å². The minimum absolute atomic E-state index is 0.0673. The lowest BCUT2D eigenvalue weighted by Gasteiger charge is -2.20. The monoisotopic (exact) mass is 376 g/mol. The van der Waals surface area contributed by atoms with Crippen molar-refractivity contribution in [3.63, 3.8) is 0 Å². The van der Waals surface area contributed by atoms with Crippen LogP contribution in [0.1, 0.15) is 39.1 Å². The lowest BCUT2D eigenvalue weighted by Crippen LogP contribution is -2.28. The molecule has 0 spiro atoms. The standard InChI is InChI=1S/C17H20ClF3N2O2/c1-10(17(19,20)21)8-11-6-5-7-12-14(11)22-13(9-18)23(12)15(24)25-16(2,3)4/h5-7,10H,8-9H2,1-4H3. The second kappa shape index (κ2) is 6.86. The Morgan fingerprint density at radius 3 is 2.48 bits per heavy atom. The van der Waals surface area contributed by atoms with E-state index in [4.69, 9.17) is 16.3 Å². The molecule has 1 heterocycles. The molecule has 2 aromatic rings. The van der Waals surface area contributed by atoms with Gasteiger partial charge in [-0.05, 0) is 38.8 Å². The van der Waals surface area contributed by atoms with E-state index in [0.717, 1.165) is 6.92 Å². The van der Waals surface area contributed by atoms with E-state index in [1.807, 2.05) is 0 Å². The molecule has 1 aromatic carbocycles. The fourth-order valence-electron chi connectivity index (χ4n) is 2.42. The third-order valence-electron chi connectivity index (χ3n) is 3.62. The molecule has 2 rings (SSSR count). The van der Waals surface area contributed by atoms with E-state index in [-0.39, 0.29) is 18.1 Å². The summed E-state index contributed by atoms with van der Waals surface area (Å²) in [5.74, 6) is -1.36. The molecule has 0 aliphatic carbocycles. The smallest absolute Gasteiger partial charge is 0.420 e. The normalized spacial score (nSPS) is 13.9. The van der Waals surface area contributed by atoms with E-state index < -0.39 is 23.8 Å².